The second-order valence-electron chi connectivity index (χ2n) is 16.8. The number of halogens is 1. The first kappa shape index (κ1) is 45.6. The van der Waals surface area contributed by atoms with E-state index in [1.165, 1.54) is 12.1 Å². The predicted octanol–water partition coefficient (Wildman–Crippen LogP) is 12.6. The molecule has 0 N–H and O–H groups in total. The van der Waals surface area contributed by atoms with Gasteiger partial charge in [0.1, 0.15) is 5.82 Å². The van der Waals surface area contributed by atoms with Crippen LogP contribution in [-0.2, 0) is 38.5 Å². The Kier molecular flexibility index (Phi) is 13.6. The number of rotatable bonds is 16. The van der Waals surface area contributed by atoms with Gasteiger partial charge in [0, 0.05) is 82.5 Å². The van der Waals surface area contributed by atoms with E-state index in [2.05, 4.69) is 64.3 Å². The fourth-order valence-electron chi connectivity index (χ4n) is 8.57. The van der Waals surface area contributed by atoms with Crippen LogP contribution >= 0.6 is 0 Å². The molecule has 0 amide bonds. The van der Waals surface area contributed by atoms with Crippen LogP contribution in [0.1, 0.15) is 81.6 Å². The zero-order valence-electron chi connectivity index (χ0n) is 38.6. The van der Waals surface area contributed by atoms with Gasteiger partial charge in [-0.05, 0) is 108 Å². The van der Waals surface area contributed by atoms with E-state index in [0.717, 1.165) is 72.1 Å². The highest BCUT2D eigenvalue weighted by atomic mass is 19.1. The number of hydrogen-bond acceptors (Lipinski definition) is 7. The van der Waals surface area contributed by atoms with Crippen LogP contribution < -0.4 is 0 Å². The highest BCUT2D eigenvalue weighted by Gasteiger charge is 2.21. The molecule has 0 aliphatic carbocycles. The van der Waals surface area contributed by atoms with E-state index >= 15 is 0 Å². The van der Waals surface area contributed by atoms with Crippen molar-refractivity contribution < 1.29 is 28.4 Å². The molecule has 9 rings (SSSR count). The van der Waals surface area contributed by atoms with Gasteiger partial charge >= 0.3 is 11.9 Å². The Morgan fingerprint density at radius 3 is 1.67 bits per heavy atom. The normalized spacial score (nSPS) is 11.8. The fraction of sp³-hybridized carbons (Fsp3) is 0.136. The molecule has 0 spiro atoms. The van der Waals surface area contributed by atoms with E-state index in [4.69, 9.17) is 9.68 Å². The summed E-state index contributed by atoms with van der Waals surface area (Å²) in [6.45, 7) is 5.51. The molecule has 0 unspecified atom stereocenters. The van der Waals surface area contributed by atoms with Gasteiger partial charge in [-0.1, -0.05) is 127 Å². The van der Waals surface area contributed by atoms with Gasteiger partial charge in [0.2, 0.25) is 0 Å². The molecule has 0 bridgehead atoms. The van der Waals surface area contributed by atoms with Crippen LogP contribution in [0.3, 0.4) is 0 Å². The summed E-state index contributed by atoms with van der Waals surface area (Å²) in [5.41, 5.74) is 12.5. The Morgan fingerprint density at radius 2 is 1.03 bits per heavy atom. The lowest BCUT2D eigenvalue weighted by molar-refractivity contribution is -0.144. The first-order valence-electron chi connectivity index (χ1n) is 23.0. The Morgan fingerprint density at radius 1 is 0.522 bits per heavy atom. The number of benzene rings is 7. The number of para-hydroxylation sites is 1. The Bertz CT molecular complexity index is 3400. The number of oxime groups is 2. The molecule has 69 heavy (non-hydrogen) atoms. The SMILES string of the molecule is CCC(=O)O/N=C(\Cc1ccccc1C)c1cn(-c2ccc(C(=O)c3ccccc3)cc2)c2ccc(Cc3ccccc3C/C(=N\OC(=O)CC)c3cn(-c4ccc(F)cc4)c4ccccc34)cc12. The van der Waals surface area contributed by atoms with Gasteiger partial charge in [0.05, 0.1) is 22.5 Å². The van der Waals surface area contributed by atoms with Crippen molar-refractivity contribution in [1.29, 1.82) is 0 Å². The minimum Gasteiger partial charge on any atom is -0.318 e. The zero-order chi connectivity index (χ0) is 47.9. The molecule has 2 heterocycles. The van der Waals surface area contributed by atoms with E-state index in [1.54, 1.807) is 26.0 Å². The second-order valence-corrected chi connectivity index (χ2v) is 16.8. The molecule has 2 aromatic heterocycles. The van der Waals surface area contributed by atoms with Gasteiger partial charge in [-0.2, -0.15) is 0 Å². The predicted molar refractivity (Wildman–Crippen MR) is 270 cm³/mol. The molecule has 9 aromatic rings. The number of carbonyl (C=O) groups excluding carboxylic acids is 3. The minimum atomic E-state index is -0.453. The van der Waals surface area contributed by atoms with Crippen molar-refractivity contribution in [3.8, 4) is 11.4 Å². The molecule has 10 heteroatoms. The third kappa shape index (κ3) is 10.1. The van der Waals surface area contributed by atoms with E-state index in [0.29, 0.717) is 41.8 Å². The van der Waals surface area contributed by atoms with Crippen LogP contribution in [0.5, 0.6) is 0 Å². The number of aryl methyl sites for hydroxylation is 1. The first-order chi connectivity index (χ1) is 33.7. The van der Waals surface area contributed by atoms with Crippen molar-refractivity contribution in [3.63, 3.8) is 0 Å². The molecule has 0 atom stereocenters. The number of hydrogen-bond donors (Lipinski definition) is 0. The monoisotopic (exact) mass is 912 g/mol. The Hall–Kier alpha value is -8.50. The van der Waals surface area contributed by atoms with Crippen molar-refractivity contribution in [3.05, 3.63) is 238 Å². The molecule has 0 radical (unpaired) electrons. The maximum absolute atomic E-state index is 14.0. The first-order valence-corrected chi connectivity index (χ1v) is 23.0. The van der Waals surface area contributed by atoms with Crippen molar-refractivity contribution in [1.82, 2.24) is 9.13 Å². The highest BCUT2D eigenvalue weighted by Crippen LogP contribution is 2.32. The van der Waals surface area contributed by atoms with E-state index < -0.39 is 11.9 Å². The molecule has 342 valence electrons. The van der Waals surface area contributed by atoms with Crippen LogP contribution in [0.2, 0.25) is 0 Å². The topological polar surface area (TPSA) is 104 Å². The third-order valence-corrected chi connectivity index (χ3v) is 12.3. The van der Waals surface area contributed by atoms with Crippen LogP contribution in [-0.4, -0.2) is 38.3 Å². The van der Waals surface area contributed by atoms with Crippen molar-refractivity contribution in [2.75, 3.05) is 0 Å². The van der Waals surface area contributed by atoms with Crippen molar-refractivity contribution >= 4 is 51.0 Å². The summed E-state index contributed by atoms with van der Waals surface area (Å²) in [5.74, 6) is -1.28. The average molecular weight is 913 g/mol. The van der Waals surface area contributed by atoms with Gasteiger partial charge in [0.15, 0.2) is 5.78 Å². The van der Waals surface area contributed by atoms with Crippen LogP contribution in [0.4, 0.5) is 4.39 Å². The number of ketones is 1. The largest absolute Gasteiger partial charge is 0.334 e. The summed E-state index contributed by atoms with van der Waals surface area (Å²) in [6.07, 6.45) is 5.61. The fourth-order valence-corrected chi connectivity index (χ4v) is 8.57. The maximum Gasteiger partial charge on any atom is 0.334 e. The number of carbonyl (C=O) groups is 3. The van der Waals surface area contributed by atoms with Gasteiger partial charge in [0.25, 0.3) is 0 Å². The van der Waals surface area contributed by atoms with E-state index in [1.807, 2.05) is 120 Å². The van der Waals surface area contributed by atoms with Gasteiger partial charge in [-0.25, -0.2) is 14.0 Å². The summed E-state index contributed by atoms with van der Waals surface area (Å²) >= 11 is 0. The second kappa shape index (κ2) is 20.6. The van der Waals surface area contributed by atoms with Gasteiger partial charge < -0.3 is 18.8 Å². The van der Waals surface area contributed by atoms with Crippen molar-refractivity contribution in [2.24, 2.45) is 10.3 Å². The van der Waals surface area contributed by atoms with Gasteiger partial charge in [-0.3, -0.25) is 4.79 Å². The highest BCUT2D eigenvalue weighted by molar-refractivity contribution is 6.13. The molecular weight excluding hydrogens is 864 g/mol. The lowest BCUT2D eigenvalue weighted by atomic mass is 9.93. The molecule has 0 saturated heterocycles. The van der Waals surface area contributed by atoms with Crippen LogP contribution in [0.15, 0.2) is 193 Å². The standard InChI is InChI=1S/C59H49FN4O5/c1-4-57(65)68-61-53(35-43-18-10-9-15-39(43)3)52-38-64(47-28-24-42(25-29-47)59(67)41-16-7-6-8-17-41)56-32-23-40(34-50(52)56)33-44-19-11-12-20-45(44)36-54(62-69-58(66)5-2)51-37-63(48-30-26-46(60)27-31-48)55-22-14-13-21-49(51)55/h6-32,34,37-38H,4-5,33,35-36H2,1-3H3/b61-53+,62-54+. The van der Waals surface area contributed by atoms with Gasteiger partial charge in [-0.15, -0.1) is 0 Å². The Balaban J connectivity index is 1.12. The summed E-state index contributed by atoms with van der Waals surface area (Å²) in [7, 11) is 0. The lowest BCUT2D eigenvalue weighted by Gasteiger charge is -2.12. The van der Waals surface area contributed by atoms with E-state index in [9.17, 15) is 18.8 Å². The molecule has 0 aliphatic rings. The average Bonchev–Trinajstić information content (AvgIpc) is 3.96. The molecule has 0 aliphatic heterocycles. The number of nitrogens with zero attached hydrogens (tertiary/aromatic N) is 4. The molecule has 0 fully saturated rings. The smallest absolute Gasteiger partial charge is 0.318 e. The van der Waals surface area contributed by atoms with Crippen LogP contribution in [0, 0.1) is 12.7 Å². The minimum absolute atomic E-state index is 0.0624. The summed E-state index contributed by atoms with van der Waals surface area (Å²) in [5, 5.41) is 10.9. The number of aromatic nitrogens is 2. The van der Waals surface area contributed by atoms with Crippen LogP contribution in [0.25, 0.3) is 33.2 Å². The summed E-state index contributed by atoms with van der Waals surface area (Å²) in [4.78, 5) is 49.6. The molecular formula is C59H49FN4O5. The molecule has 7 aromatic carbocycles. The quantitative estimate of drug-likeness (QED) is 0.0416. The molecule has 9 nitrogen and oxygen atoms in total. The molecule has 0 saturated carbocycles. The number of fused-ring (bicyclic) bond motifs is 2. The lowest BCUT2D eigenvalue weighted by Crippen LogP contribution is -2.10. The Labute approximate surface area is 399 Å². The maximum atomic E-state index is 14.0. The third-order valence-electron chi connectivity index (χ3n) is 12.3. The van der Waals surface area contributed by atoms with Crippen molar-refractivity contribution in [2.45, 2.75) is 52.9 Å². The zero-order valence-corrected chi connectivity index (χ0v) is 38.6. The van der Waals surface area contributed by atoms with E-state index in [-0.39, 0.29) is 24.4 Å². The summed E-state index contributed by atoms with van der Waals surface area (Å²) in [6, 6.07) is 53.6. The summed E-state index contributed by atoms with van der Waals surface area (Å²) < 4.78 is 18.1.